The SMILES string of the molecule is CC(=O)Nc1ccc(/C(C)=N\NC(=O)CN(c2ccc(Cl)c(C(F)(F)F)c2)S(C)(=O)=O)cc1. The van der Waals surface area contributed by atoms with Gasteiger partial charge in [0.25, 0.3) is 5.91 Å². The quantitative estimate of drug-likeness (QED) is 0.443. The first-order valence-electron chi connectivity index (χ1n) is 9.24. The number of nitrogens with zero attached hydrogens (tertiary/aromatic N) is 2. The number of nitrogens with one attached hydrogen (secondary N) is 2. The zero-order valence-electron chi connectivity index (χ0n) is 17.7. The van der Waals surface area contributed by atoms with Crippen LogP contribution in [0, 0.1) is 0 Å². The van der Waals surface area contributed by atoms with Gasteiger partial charge < -0.3 is 5.32 Å². The van der Waals surface area contributed by atoms with E-state index in [0.717, 1.165) is 18.4 Å². The summed E-state index contributed by atoms with van der Waals surface area (Å²) in [7, 11) is -4.11. The Morgan fingerprint density at radius 3 is 2.21 bits per heavy atom. The average molecular weight is 505 g/mol. The van der Waals surface area contributed by atoms with E-state index in [4.69, 9.17) is 11.6 Å². The molecule has 0 spiro atoms. The molecule has 2 N–H and O–H groups in total. The number of hydrogen-bond acceptors (Lipinski definition) is 5. The van der Waals surface area contributed by atoms with E-state index in [0.29, 0.717) is 27.3 Å². The third kappa shape index (κ3) is 7.46. The first kappa shape index (κ1) is 26.1. The van der Waals surface area contributed by atoms with Gasteiger partial charge in [-0.2, -0.15) is 18.3 Å². The van der Waals surface area contributed by atoms with E-state index in [1.165, 1.54) is 6.92 Å². The zero-order valence-corrected chi connectivity index (χ0v) is 19.3. The van der Waals surface area contributed by atoms with Crippen LogP contribution in [0.15, 0.2) is 47.6 Å². The fourth-order valence-electron chi connectivity index (χ4n) is 2.66. The molecule has 2 aromatic carbocycles. The number of anilines is 2. The van der Waals surface area contributed by atoms with Gasteiger partial charge in [-0.05, 0) is 42.8 Å². The maximum Gasteiger partial charge on any atom is 0.417 e. The van der Waals surface area contributed by atoms with Gasteiger partial charge in [0.1, 0.15) is 6.54 Å². The highest BCUT2D eigenvalue weighted by atomic mass is 35.5. The summed E-state index contributed by atoms with van der Waals surface area (Å²) in [5, 5.41) is 5.89. The van der Waals surface area contributed by atoms with Crippen LogP contribution in [0.1, 0.15) is 25.0 Å². The standard InChI is InChI=1S/C20H20ClF3N4O4S/c1-12(14-4-6-15(7-5-14)25-13(2)29)26-27-19(30)11-28(33(3,31)32)16-8-9-18(21)17(10-16)20(22,23)24/h4-10H,11H2,1-3H3,(H,25,29)(H,27,30)/b26-12-. The van der Waals surface area contributed by atoms with Crippen LogP contribution in [-0.4, -0.2) is 38.7 Å². The van der Waals surface area contributed by atoms with Crippen molar-refractivity contribution in [1.29, 1.82) is 0 Å². The van der Waals surface area contributed by atoms with Crippen molar-refractivity contribution in [3.8, 4) is 0 Å². The molecule has 2 rings (SSSR count). The molecule has 13 heteroatoms. The highest BCUT2D eigenvalue weighted by Gasteiger charge is 2.34. The van der Waals surface area contributed by atoms with Crippen LogP contribution in [-0.2, 0) is 25.8 Å². The number of rotatable bonds is 7. The molecule has 0 heterocycles. The van der Waals surface area contributed by atoms with E-state index in [9.17, 15) is 31.2 Å². The number of sulfonamides is 1. The first-order valence-corrected chi connectivity index (χ1v) is 11.5. The Hall–Kier alpha value is -3.12. The minimum absolute atomic E-state index is 0.237. The fourth-order valence-corrected chi connectivity index (χ4v) is 3.73. The molecule has 2 aromatic rings. The molecular weight excluding hydrogens is 485 g/mol. The molecule has 0 aliphatic heterocycles. The largest absolute Gasteiger partial charge is 0.417 e. The summed E-state index contributed by atoms with van der Waals surface area (Å²) in [5.74, 6) is -1.11. The third-order valence-corrected chi connectivity index (χ3v) is 5.67. The number of alkyl halides is 3. The summed E-state index contributed by atoms with van der Waals surface area (Å²) in [6.45, 7) is 2.14. The Morgan fingerprint density at radius 2 is 1.70 bits per heavy atom. The van der Waals surface area contributed by atoms with Crippen LogP contribution in [0.5, 0.6) is 0 Å². The van der Waals surface area contributed by atoms with E-state index in [1.54, 1.807) is 31.2 Å². The number of hydrazone groups is 1. The summed E-state index contributed by atoms with van der Waals surface area (Å²) in [5.41, 5.74) is 2.12. The molecule has 2 amide bonds. The van der Waals surface area contributed by atoms with Gasteiger partial charge in [-0.3, -0.25) is 13.9 Å². The van der Waals surface area contributed by atoms with Gasteiger partial charge in [0.05, 0.1) is 28.2 Å². The summed E-state index contributed by atoms with van der Waals surface area (Å²) < 4.78 is 64.2. The lowest BCUT2D eigenvalue weighted by molar-refractivity contribution is -0.137. The summed E-state index contributed by atoms with van der Waals surface area (Å²) in [4.78, 5) is 23.4. The average Bonchev–Trinajstić information content (AvgIpc) is 2.69. The van der Waals surface area contributed by atoms with E-state index in [1.807, 2.05) is 0 Å². The van der Waals surface area contributed by atoms with Crippen LogP contribution in [0.3, 0.4) is 0 Å². The Kier molecular flexibility index (Phi) is 8.09. The van der Waals surface area contributed by atoms with E-state index < -0.39 is 39.2 Å². The van der Waals surface area contributed by atoms with Crippen LogP contribution in [0.2, 0.25) is 5.02 Å². The smallest absolute Gasteiger partial charge is 0.326 e. The van der Waals surface area contributed by atoms with Gasteiger partial charge in [0, 0.05) is 12.6 Å². The minimum Gasteiger partial charge on any atom is -0.326 e. The molecule has 8 nitrogen and oxygen atoms in total. The Labute approximate surface area is 193 Å². The number of benzene rings is 2. The lowest BCUT2D eigenvalue weighted by Crippen LogP contribution is -2.39. The molecule has 33 heavy (non-hydrogen) atoms. The van der Waals surface area contributed by atoms with Crippen LogP contribution < -0.4 is 15.0 Å². The lowest BCUT2D eigenvalue weighted by Gasteiger charge is -2.22. The van der Waals surface area contributed by atoms with Crippen molar-refractivity contribution in [2.75, 3.05) is 22.4 Å². The predicted molar refractivity (Wildman–Crippen MR) is 120 cm³/mol. The summed E-state index contributed by atoms with van der Waals surface area (Å²) in [6.07, 6.45) is -4.05. The van der Waals surface area contributed by atoms with Crippen LogP contribution in [0.4, 0.5) is 24.5 Å². The Balaban J connectivity index is 2.19. The number of hydrogen-bond donors (Lipinski definition) is 2. The Morgan fingerprint density at radius 1 is 1.09 bits per heavy atom. The second-order valence-corrected chi connectivity index (χ2v) is 9.24. The van der Waals surface area contributed by atoms with Crippen molar-refractivity contribution in [3.63, 3.8) is 0 Å². The third-order valence-electron chi connectivity index (χ3n) is 4.20. The summed E-state index contributed by atoms with van der Waals surface area (Å²) >= 11 is 5.58. The molecule has 0 aromatic heterocycles. The van der Waals surface area contributed by atoms with Crippen molar-refractivity contribution < 1.29 is 31.2 Å². The van der Waals surface area contributed by atoms with Crippen molar-refractivity contribution >= 4 is 50.5 Å². The molecule has 0 aliphatic carbocycles. The molecule has 0 bridgehead atoms. The van der Waals surface area contributed by atoms with Gasteiger partial charge in [-0.15, -0.1) is 0 Å². The van der Waals surface area contributed by atoms with Gasteiger partial charge in [0.15, 0.2) is 0 Å². The molecule has 0 aliphatic rings. The predicted octanol–water partition coefficient (Wildman–Crippen LogP) is 3.62. The van der Waals surface area contributed by atoms with Crippen LogP contribution >= 0.6 is 11.6 Å². The van der Waals surface area contributed by atoms with Gasteiger partial charge in [-0.25, -0.2) is 13.8 Å². The second-order valence-electron chi connectivity index (χ2n) is 6.92. The monoisotopic (exact) mass is 504 g/mol. The zero-order chi connectivity index (χ0) is 25.0. The van der Waals surface area contributed by atoms with Gasteiger partial charge in [-0.1, -0.05) is 23.7 Å². The second kappa shape index (κ2) is 10.2. The summed E-state index contributed by atoms with van der Waals surface area (Å²) in [6, 6.07) is 9.07. The minimum atomic E-state index is -4.81. The van der Waals surface area contributed by atoms with Crippen molar-refractivity contribution in [2.45, 2.75) is 20.0 Å². The molecule has 0 unspecified atom stereocenters. The maximum absolute atomic E-state index is 13.1. The molecule has 0 saturated heterocycles. The number of halogens is 4. The van der Waals surface area contributed by atoms with Crippen molar-refractivity contribution in [3.05, 3.63) is 58.6 Å². The fraction of sp³-hybridized carbons (Fsp3) is 0.250. The van der Waals surface area contributed by atoms with E-state index in [2.05, 4.69) is 15.8 Å². The van der Waals surface area contributed by atoms with Gasteiger partial charge in [0.2, 0.25) is 15.9 Å². The molecule has 0 saturated carbocycles. The molecule has 0 atom stereocenters. The van der Waals surface area contributed by atoms with Crippen molar-refractivity contribution in [2.24, 2.45) is 5.10 Å². The lowest BCUT2D eigenvalue weighted by atomic mass is 10.1. The molecular formula is C20H20ClF3N4O4S. The van der Waals surface area contributed by atoms with Crippen molar-refractivity contribution in [1.82, 2.24) is 5.43 Å². The maximum atomic E-state index is 13.1. The molecule has 178 valence electrons. The Bertz CT molecular complexity index is 1180. The first-order chi connectivity index (χ1) is 15.2. The molecule has 0 radical (unpaired) electrons. The number of carbonyl (C=O) groups is 2. The number of amides is 2. The highest BCUT2D eigenvalue weighted by Crippen LogP contribution is 2.37. The topological polar surface area (TPSA) is 108 Å². The number of carbonyl (C=O) groups excluding carboxylic acids is 2. The highest BCUT2D eigenvalue weighted by molar-refractivity contribution is 7.92. The van der Waals surface area contributed by atoms with Gasteiger partial charge >= 0.3 is 6.18 Å². The normalized spacial score (nSPS) is 12.3. The van der Waals surface area contributed by atoms with E-state index >= 15 is 0 Å². The van der Waals surface area contributed by atoms with E-state index in [-0.39, 0.29) is 11.6 Å². The van der Waals surface area contributed by atoms with Crippen LogP contribution in [0.25, 0.3) is 0 Å². The molecule has 0 fully saturated rings.